The van der Waals surface area contributed by atoms with E-state index in [0.29, 0.717) is 11.6 Å². The zero-order valence-electron chi connectivity index (χ0n) is 21.8. The number of halogens is 8. The fourth-order valence-corrected chi connectivity index (χ4v) is 4.00. The van der Waals surface area contributed by atoms with E-state index in [4.69, 9.17) is 0 Å². The molecular formula is C28H24F8N2O4. The molecule has 1 atom stereocenters. The van der Waals surface area contributed by atoms with Crippen molar-refractivity contribution >= 4 is 12.0 Å². The van der Waals surface area contributed by atoms with Crippen molar-refractivity contribution in [2.75, 3.05) is 13.2 Å². The van der Waals surface area contributed by atoms with E-state index in [9.17, 15) is 44.7 Å². The van der Waals surface area contributed by atoms with Gasteiger partial charge in [-0.2, -0.15) is 26.3 Å². The topological polar surface area (TPSA) is 76.7 Å². The lowest BCUT2D eigenvalue weighted by Gasteiger charge is -2.37. The van der Waals surface area contributed by atoms with Crippen molar-refractivity contribution in [3.8, 4) is 5.75 Å². The summed E-state index contributed by atoms with van der Waals surface area (Å²) in [4.78, 5) is 24.6. The highest BCUT2D eigenvalue weighted by atomic mass is 19.3. The van der Waals surface area contributed by atoms with Gasteiger partial charge in [-0.05, 0) is 47.9 Å². The number of carbonyl (C=O) groups is 2. The van der Waals surface area contributed by atoms with Crippen LogP contribution >= 0.6 is 0 Å². The van der Waals surface area contributed by atoms with E-state index < -0.39 is 59.9 Å². The highest BCUT2D eigenvalue weighted by Gasteiger charge is 2.45. The van der Waals surface area contributed by atoms with Gasteiger partial charge in [0.2, 0.25) is 0 Å². The Labute approximate surface area is 234 Å². The van der Waals surface area contributed by atoms with Gasteiger partial charge in [0.05, 0.1) is 18.7 Å². The van der Waals surface area contributed by atoms with Gasteiger partial charge in [0.1, 0.15) is 17.4 Å². The average Bonchev–Trinajstić information content (AvgIpc) is 2.92. The Morgan fingerprint density at radius 1 is 0.857 bits per heavy atom. The van der Waals surface area contributed by atoms with Crippen molar-refractivity contribution in [1.29, 1.82) is 0 Å². The summed E-state index contributed by atoms with van der Waals surface area (Å²) in [6, 6.07) is 12.8. The predicted molar refractivity (Wildman–Crippen MR) is 133 cm³/mol. The summed E-state index contributed by atoms with van der Waals surface area (Å²) in [5.41, 5.74) is -1.94. The zero-order valence-corrected chi connectivity index (χ0v) is 21.8. The molecule has 0 aliphatic rings. The first-order chi connectivity index (χ1) is 19.7. The first kappa shape index (κ1) is 32.2. The van der Waals surface area contributed by atoms with Crippen LogP contribution in [-0.4, -0.2) is 43.6 Å². The standard InChI is InChI=1S/C28H24F8N2O4/c1-2-41-24(39)27(33,34)16-37-25(40)38-26(15-17-6-4-3-5-7-17,18-8-10-20(29)11-9-18)19-12-21(30)14-22(13-19)42-28(35,36)23(31)32/h3-14,23H,2,15-16H2,1H3,(H2,37,38,40)/t26-/m1/s1. The fourth-order valence-electron chi connectivity index (χ4n) is 4.00. The van der Waals surface area contributed by atoms with E-state index in [1.165, 1.54) is 6.92 Å². The maximum absolute atomic E-state index is 14.8. The molecule has 2 N–H and O–H groups in total. The number of amides is 2. The van der Waals surface area contributed by atoms with Crippen LogP contribution in [0.15, 0.2) is 72.8 Å². The molecule has 3 aromatic rings. The van der Waals surface area contributed by atoms with E-state index in [2.05, 4.69) is 14.8 Å². The maximum Gasteiger partial charge on any atom is 0.461 e. The third-order valence-electron chi connectivity index (χ3n) is 5.89. The number of urea groups is 1. The van der Waals surface area contributed by atoms with Crippen LogP contribution in [0.4, 0.5) is 39.9 Å². The van der Waals surface area contributed by atoms with Gasteiger partial charge in [-0.25, -0.2) is 18.4 Å². The van der Waals surface area contributed by atoms with Crippen LogP contribution in [-0.2, 0) is 21.5 Å². The third kappa shape index (κ3) is 7.89. The van der Waals surface area contributed by atoms with Gasteiger partial charge in [0, 0.05) is 12.5 Å². The molecule has 0 aliphatic carbocycles. The molecule has 226 valence electrons. The Balaban J connectivity index is 2.16. The predicted octanol–water partition coefficient (Wildman–Crippen LogP) is 6.19. The summed E-state index contributed by atoms with van der Waals surface area (Å²) in [6.07, 6.45) is -9.61. The van der Waals surface area contributed by atoms with E-state index in [1.807, 2.05) is 5.32 Å². The lowest BCUT2D eigenvalue weighted by molar-refractivity contribution is -0.253. The number of ether oxygens (including phenoxy) is 2. The molecule has 0 radical (unpaired) electrons. The number of benzene rings is 3. The molecule has 14 heteroatoms. The monoisotopic (exact) mass is 604 g/mol. The Bertz CT molecular complexity index is 1370. The van der Waals surface area contributed by atoms with E-state index in [0.717, 1.165) is 36.4 Å². The second kappa shape index (κ2) is 13.1. The van der Waals surface area contributed by atoms with Crippen molar-refractivity contribution in [2.45, 2.75) is 37.3 Å². The van der Waals surface area contributed by atoms with Crippen LogP contribution in [0.1, 0.15) is 23.6 Å². The first-order valence-electron chi connectivity index (χ1n) is 12.3. The quantitative estimate of drug-likeness (QED) is 0.191. The smallest absolute Gasteiger partial charge is 0.461 e. The number of hydrogen-bond donors (Lipinski definition) is 2. The minimum Gasteiger partial charge on any atom is -0.462 e. The molecule has 2 amide bonds. The average molecular weight is 604 g/mol. The highest BCUT2D eigenvalue weighted by Crippen LogP contribution is 2.38. The van der Waals surface area contributed by atoms with Crippen molar-refractivity contribution in [3.63, 3.8) is 0 Å². The molecule has 42 heavy (non-hydrogen) atoms. The van der Waals surface area contributed by atoms with Crippen LogP contribution in [0, 0.1) is 11.6 Å². The number of alkyl halides is 6. The number of carbonyl (C=O) groups excluding carboxylic acids is 2. The number of rotatable bonds is 12. The molecule has 3 rings (SSSR count). The van der Waals surface area contributed by atoms with Crippen LogP contribution < -0.4 is 15.4 Å². The minimum atomic E-state index is -5.02. The summed E-state index contributed by atoms with van der Waals surface area (Å²) in [6.45, 7) is -0.594. The summed E-state index contributed by atoms with van der Waals surface area (Å²) < 4.78 is 119. The lowest BCUT2D eigenvalue weighted by Crippen LogP contribution is -2.54. The fraction of sp³-hybridized carbons (Fsp3) is 0.286. The minimum absolute atomic E-state index is 0.0113. The van der Waals surface area contributed by atoms with Gasteiger partial charge in [-0.15, -0.1) is 0 Å². The molecule has 0 aromatic heterocycles. The first-order valence-corrected chi connectivity index (χ1v) is 12.3. The van der Waals surface area contributed by atoms with Crippen molar-refractivity contribution in [1.82, 2.24) is 10.6 Å². The summed E-state index contributed by atoms with van der Waals surface area (Å²) in [5.74, 6) is -9.09. The van der Waals surface area contributed by atoms with E-state index in [1.54, 1.807) is 30.3 Å². The molecule has 0 aliphatic heterocycles. The van der Waals surface area contributed by atoms with Gasteiger partial charge in [-0.1, -0.05) is 42.5 Å². The van der Waals surface area contributed by atoms with Gasteiger partial charge < -0.3 is 20.1 Å². The van der Waals surface area contributed by atoms with Gasteiger partial charge in [0.15, 0.2) is 0 Å². The van der Waals surface area contributed by atoms with Crippen LogP contribution in [0.5, 0.6) is 5.75 Å². The molecule has 0 saturated heterocycles. The normalized spacial score (nSPS) is 13.3. The molecule has 0 unspecified atom stereocenters. The van der Waals surface area contributed by atoms with E-state index in [-0.39, 0.29) is 24.2 Å². The third-order valence-corrected chi connectivity index (χ3v) is 5.89. The molecule has 3 aromatic carbocycles. The van der Waals surface area contributed by atoms with Crippen molar-refractivity contribution in [2.24, 2.45) is 0 Å². The Morgan fingerprint density at radius 2 is 1.50 bits per heavy atom. The largest absolute Gasteiger partial charge is 0.462 e. The summed E-state index contributed by atoms with van der Waals surface area (Å²) >= 11 is 0. The molecule has 0 heterocycles. The van der Waals surface area contributed by atoms with Crippen molar-refractivity contribution < 1.29 is 54.2 Å². The Hall–Kier alpha value is -4.36. The molecule has 0 bridgehead atoms. The highest BCUT2D eigenvalue weighted by molar-refractivity contribution is 5.80. The van der Waals surface area contributed by atoms with Crippen LogP contribution in [0.3, 0.4) is 0 Å². The lowest BCUT2D eigenvalue weighted by atomic mass is 9.77. The van der Waals surface area contributed by atoms with Crippen LogP contribution in [0.25, 0.3) is 0 Å². The van der Waals surface area contributed by atoms with Gasteiger partial charge in [-0.3, -0.25) is 0 Å². The van der Waals surface area contributed by atoms with Gasteiger partial charge >= 0.3 is 30.5 Å². The SMILES string of the molecule is CCOC(=O)C(F)(F)CNC(=O)N[C@](Cc1ccccc1)(c1ccc(F)cc1)c1cc(F)cc(OC(F)(F)C(F)F)c1. The molecule has 0 saturated carbocycles. The molecule has 0 fully saturated rings. The van der Waals surface area contributed by atoms with Crippen molar-refractivity contribution in [3.05, 3.63) is 101 Å². The molecule has 0 spiro atoms. The Kier molecular flexibility index (Phi) is 10.0. The second-order valence-electron chi connectivity index (χ2n) is 8.95. The van der Waals surface area contributed by atoms with Gasteiger partial charge in [0.25, 0.3) is 0 Å². The number of nitrogens with one attached hydrogen (secondary N) is 2. The summed E-state index contributed by atoms with van der Waals surface area (Å²) in [7, 11) is 0. The van der Waals surface area contributed by atoms with Crippen LogP contribution in [0.2, 0.25) is 0 Å². The summed E-state index contributed by atoms with van der Waals surface area (Å²) in [5, 5.41) is 4.22. The maximum atomic E-state index is 14.8. The number of esters is 1. The zero-order chi connectivity index (χ0) is 31.1. The second-order valence-corrected chi connectivity index (χ2v) is 8.95. The van der Waals surface area contributed by atoms with E-state index >= 15 is 0 Å². The molecule has 6 nitrogen and oxygen atoms in total. The molecular weight excluding hydrogens is 580 g/mol. The number of hydrogen-bond acceptors (Lipinski definition) is 4. The Morgan fingerprint density at radius 3 is 2.10 bits per heavy atom.